The maximum atomic E-state index is 11.4. The second-order valence-electron chi connectivity index (χ2n) is 1.79. The summed E-state index contributed by atoms with van der Waals surface area (Å²) >= 11 is 0.0180. The van der Waals surface area contributed by atoms with Crippen LogP contribution in [0.5, 0.6) is 0 Å². The van der Waals surface area contributed by atoms with Gasteiger partial charge in [-0.3, -0.25) is 0 Å². The number of nitrogens with two attached hydrogens (primary N) is 1. The number of rotatable bonds is 4. The van der Waals surface area contributed by atoms with Crippen LogP contribution in [0.1, 0.15) is 12.8 Å². The maximum Gasteiger partial charge on any atom is 0.441 e. The fourth-order valence-electron chi connectivity index (χ4n) is 0.434. The highest BCUT2D eigenvalue weighted by Gasteiger charge is 2.26. The smallest absolute Gasteiger partial charge is 0.330 e. The van der Waals surface area contributed by atoms with Gasteiger partial charge in [-0.1, -0.05) is 11.8 Å². The first-order valence-electron chi connectivity index (χ1n) is 2.97. The Balaban J connectivity index is 0. The molecule has 0 spiro atoms. The van der Waals surface area contributed by atoms with Crippen molar-refractivity contribution in [1.29, 1.82) is 0 Å². The number of hydrogen-bond donors (Lipinski definition) is 1. The molecule has 0 aromatic carbocycles. The predicted octanol–water partition coefficient (Wildman–Crippen LogP) is 2.40. The lowest BCUT2D eigenvalue weighted by Crippen LogP contribution is -2.03. The van der Waals surface area contributed by atoms with E-state index in [2.05, 4.69) is 0 Å². The molecule has 0 aliphatic heterocycles. The molecule has 11 heavy (non-hydrogen) atoms. The van der Waals surface area contributed by atoms with E-state index in [4.69, 9.17) is 5.73 Å². The van der Waals surface area contributed by atoms with Gasteiger partial charge in [-0.15, -0.1) is 12.4 Å². The molecular formula is C5H11ClF3NS. The topological polar surface area (TPSA) is 26.0 Å². The monoisotopic (exact) mass is 209 g/mol. The van der Waals surface area contributed by atoms with Crippen LogP contribution >= 0.6 is 24.2 Å². The number of thioether (sulfide) groups is 1. The molecule has 0 saturated heterocycles. The van der Waals surface area contributed by atoms with Crippen LogP contribution in [0, 0.1) is 0 Å². The lowest BCUT2D eigenvalue weighted by molar-refractivity contribution is -0.0327. The molecule has 0 aliphatic rings. The van der Waals surface area contributed by atoms with Crippen LogP contribution in [0.25, 0.3) is 0 Å². The van der Waals surface area contributed by atoms with Gasteiger partial charge in [0.15, 0.2) is 0 Å². The van der Waals surface area contributed by atoms with Gasteiger partial charge in [0, 0.05) is 5.75 Å². The van der Waals surface area contributed by atoms with Crippen LogP contribution in [-0.4, -0.2) is 17.8 Å². The predicted molar refractivity (Wildman–Crippen MR) is 44.0 cm³/mol. The quantitative estimate of drug-likeness (QED) is 0.720. The first kappa shape index (κ1) is 13.9. The van der Waals surface area contributed by atoms with Gasteiger partial charge < -0.3 is 5.73 Å². The van der Waals surface area contributed by atoms with Gasteiger partial charge in [0.1, 0.15) is 0 Å². The highest BCUT2D eigenvalue weighted by Crippen LogP contribution is 2.30. The van der Waals surface area contributed by atoms with Crippen molar-refractivity contribution in [1.82, 2.24) is 0 Å². The van der Waals surface area contributed by atoms with Crippen molar-refractivity contribution >= 4 is 24.2 Å². The summed E-state index contributed by atoms with van der Waals surface area (Å²) < 4.78 is 34.2. The summed E-state index contributed by atoms with van der Waals surface area (Å²) in [7, 11) is 0. The zero-order valence-electron chi connectivity index (χ0n) is 5.86. The summed E-state index contributed by atoms with van der Waals surface area (Å²) in [6.07, 6.45) is 1.21. The Hall–Kier alpha value is 0.390. The van der Waals surface area contributed by atoms with E-state index in [1.165, 1.54) is 0 Å². The van der Waals surface area contributed by atoms with E-state index in [1.54, 1.807) is 0 Å². The fourth-order valence-corrected chi connectivity index (χ4v) is 1.01. The zero-order valence-corrected chi connectivity index (χ0v) is 7.49. The molecular weight excluding hydrogens is 199 g/mol. The molecule has 0 fully saturated rings. The molecule has 0 aliphatic carbocycles. The second-order valence-corrected chi connectivity index (χ2v) is 2.95. The highest BCUT2D eigenvalue weighted by molar-refractivity contribution is 8.00. The average Bonchev–Trinajstić information content (AvgIpc) is 1.78. The van der Waals surface area contributed by atoms with Crippen LogP contribution < -0.4 is 5.73 Å². The fraction of sp³-hybridized carbons (Fsp3) is 1.00. The summed E-state index contributed by atoms with van der Waals surface area (Å²) in [5.74, 6) is 0.126. The molecule has 1 nitrogen and oxygen atoms in total. The molecule has 0 heterocycles. The van der Waals surface area contributed by atoms with E-state index in [0.29, 0.717) is 19.4 Å². The summed E-state index contributed by atoms with van der Waals surface area (Å²) in [6.45, 7) is 0.471. The van der Waals surface area contributed by atoms with Crippen molar-refractivity contribution in [3.05, 3.63) is 0 Å². The molecule has 0 saturated carbocycles. The first-order chi connectivity index (χ1) is 4.56. The molecule has 0 amide bonds. The average molecular weight is 210 g/mol. The van der Waals surface area contributed by atoms with Crippen LogP contribution in [0.15, 0.2) is 0 Å². The Bertz CT molecular complexity index is 88.3. The molecule has 70 valence electrons. The van der Waals surface area contributed by atoms with Crippen molar-refractivity contribution in [2.75, 3.05) is 12.3 Å². The van der Waals surface area contributed by atoms with Gasteiger partial charge in [0.2, 0.25) is 0 Å². The molecule has 0 bridgehead atoms. The third-order valence-electron chi connectivity index (χ3n) is 0.864. The lowest BCUT2D eigenvalue weighted by Gasteiger charge is -2.03. The van der Waals surface area contributed by atoms with Gasteiger partial charge in [-0.25, -0.2) is 0 Å². The minimum atomic E-state index is -4.07. The molecule has 0 aromatic rings. The molecule has 0 radical (unpaired) electrons. The van der Waals surface area contributed by atoms with Gasteiger partial charge in [-0.2, -0.15) is 13.2 Å². The normalized spacial score (nSPS) is 10.9. The Morgan fingerprint density at radius 2 is 1.73 bits per heavy atom. The number of alkyl halides is 3. The minimum Gasteiger partial charge on any atom is -0.330 e. The molecule has 0 rings (SSSR count). The summed E-state index contributed by atoms with van der Waals surface area (Å²) in [6, 6.07) is 0. The van der Waals surface area contributed by atoms with Gasteiger partial charge >= 0.3 is 5.51 Å². The Kier molecular flexibility index (Phi) is 8.95. The largest absolute Gasteiger partial charge is 0.441 e. The van der Waals surface area contributed by atoms with Gasteiger partial charge in [0.05, 0.1) is 0 Å². The van der Waals surface area contributed by atoms with Crippen molar-refractivity contribution in [2.45, 2.75) is 18.3 Å². The molecule has 6 heteroatoms. The standard InChI is InChI=1S/C5H10F3NS.ClH/c6-5(7,8)10-4-2-1-3-9;/h1-4,9H2;1H. The maximum absolute atomic E-state index is 11.4. The lowest BCUT2D eigenvalue weighted by atomic mass is 10.3. The van der Waals surface area contributed by atoms with Crippen molar-refractivity contribution < 1.29 is 13.2 Å². The van der Waals surface area contributed by atoms with Crippen LogP contribution in [0.4, 0.5) is 13.2 Å². The van der Waals surface area contributed by atoms with Crippen LogP contribution in [-0.2, 0) is 0 Å². The third-order valence-corrected chi connectivity index (χ3v) is 1.68. The number of hydrogen-bond acceptors (Lipinski definition) is 2. The minimum absolute atomic E-state index is 0. The first-order valence-corrected chi connectivity index (χ1v) is 3.95. The Morgan fingerprint density at radius 3 is 2.09 bits per heavy atom. The number of halogens is 4. The van der Waals surface area contributed by atoms with Crippen LogP contribution in [0.3, 0.4) is 0 Å². The molecule has 2 N–H and O–H groups in total. The van der Waals surface area contributed by atoms with Crippen molar-refractivity contribution in [2.24, 2.45) is 5.73 Å². The second kappa shape index (κ2) is 7.06. The summed E-state index contributed by atoms with van der Waals surface area (Å²) in [4.78, 5) is 0. The summed E-state index contributed by atoms with van der Waals surface area (Å²) in [5, 5.41) is 0. The van der Waals surface area contributed by atoms with E-state index in [-0.39, 0.29) is 29.9 Å². The van der Waals surface area contributed by atoms with Gasteiger partial charge in [-0.05, 0) is 19.4 Å². The van der Waals surface area contributed by atoms with E-state index in [9.17, 15) is 13.2 Å². The van der Waals surface area contributed by atoms with Crippen LogP contribution in [0.2, 0.25) is 0 Å². The van der Waals surface area contributed by atoms with E-state index >= 15 is 0 Å². The Labute approximate surface area is 74.3 Å². The van der Waals surface area contributed by atoms with Crippen molar-refractivity contribution in [3.63, 3.8) is 0 Å². The zero-order chi connectivity index (χ0) is 8.04. The van der Waals surface area contributed by atoms with E-state index < -0.39 is 5.51 Å². The number of unbranched alkanes of at least 4 members (excludes halogenated alkanes) is 1. The third kappa shape index (κ3) is 13.4. The van der Waals surface area contributed by atoms with E-state index in [1.807, 2.05) is 0 Å². The molecule has 0 atom stereocenters. The van der Waals surface area contributed by atoms with E-state index in [0.717, 1.165) is 0 Å². The van der Waals surface area contributed by atoms with Gasteiger partial charge in [0.25, 0.3) is 0 Å². The Morgan fingerprint density at radius 1 is 1.18 bits per heavy atom. The molecule has 0 aromatic heterocycles. The van der Waals surface area contributed by atoms with Crippen molar-refractivity contribution in [3.8, 4) is 0 Å². The highest BCUT2D eigenvalue weighted by atomic mass is 35.5. The summed E-state index contributed by atoms with van der Waals surface area (Å²) in [5.41, 5.74) is 1.01. The SMILES string of the molecule is Cl.NCCCCSC(F)(F)F. The molecule has 0 unspecified atom stereocenters.